The van der Waals surface area contributed by atoms with E-state index in [9.17, 15) is 4.79 Å². The fourth-order valence-electron chi connectivity index (χ4n) is 1.08. The Kier molecular flexibility index (Phi) is 3.89. The van der Waals surface area contributed by atoms with Crippen LogP contribution in [0.5, 0.6) is 0 Å². The quantitative estimate of drug-likeness (QED) is 0.658. The average molecular weight is 206 g/mol. The number of amides is 1. The van der Waals surface area contributed by atoms with E-state index in [0.717, 1.165) is 0 Å². The van der Waals surface area contributed by atoms with E-state index in [0.29, 0.717) is 12.1 Å². The molecule has 0 saturated carbocycles. The Balaban J connectivity index is 2.55. The van der Waals surface area contributed by atoms with Gasteiger partial charge in [0.25, 0.3) is 0 Å². The van der Waals surface area contributed by atoms with Crippen LogP contribution < -0.4 is 11.1 Å². The lowest BCUT2D eigenvalue weighted by Gasteiger charge is -2.07. The first kappa shape index (κ1) is 11.3. The second kappa shape index (κ2) is 5.17. The van der Waals surface area contributed by atoms with Gasteiger partial charge in [-0.3, -0.25) is 9.48 Å². The third-order valence-corrected chi connectivity index (χ3v) is 1.89. The van der Waals surface area contributed by atoms with Gasteiger partial charge in [0.2, 0.25) is 5.91 Å². The van der Waals surface area contributed by atoms with Crippen molar-refractivity contribution in [3.05, 3.63) is 18.0 Å². The van der Waals surface area contributed by atoms with Crippen LogP contribution in [0.3, 0.4) is 0 Å². The van der Waals surface area contributed by atoms with E-state index in [1.54, 1.807) is 31.0 Å². The lowest BCUT2D eigenvalue weighted by atomic mass is 10.1. The molecule has 1 unspecified atom stereocenters. The molecule has 0 aliphatic rings. The number of rotatable bonds is 3. The molecule has 1 atom stereocenters. The lowest BCUT2D eigenvalue weighted by molar-refractivity contribution is -0.122. The smallest absolute Gasteiger partial charge is 0.242 e. The summed E-state index contributed by atoms with van der Waals surface area (Å²) in [5, 5.41) is 6.56. The van der Waals surface area contributed by atoms with Gasteiger partial charge in [0.05, 0.1) is 12.7 Å². The van der Waals surface area contributed by atoms with Crippen molar-refractivity contribution in [3.63, 3.8) is 0 Å². The molecule has 1 aromatic rings. The number of aromatic nitrogens is 2. The predicted octanol–water partition coefficient (Wildman–Crippen LogP) is -0.441. The number of aryl methyl sites for hydroxylation is 1. The van der Waals surface area contributed by atoms with Gasteiger partial charge < -0.3 is 11.1 Å². The average Bonchev–Trinajstić information content (AvgIpc) is 2.64. The van der Waals surface area contributed by atoms with Gasteiger partial charge in [0.1, 0.15) is 6.04 Å². The summed E-state index contributed by atoms with van der Waals surface area (Å²) in [6.07, 6.45) is 3.30. The fraction of sp³-hybridized carbons (Fsp3) is 0.400. The molecule has 0 fully saturated rings. The minimum Gasteiger partial charge on any atom is -0.344 e. The zero-order chi connectivity index (χ0) is 11.3. The molecule has 0 aliphatic heterocycles. The van der Waals surface area contributed by atoms with Gasteiger partial charge in [-0.15, -0.1) is 5.92 Å². The van der Waals surface area contributed by atoms with E-state index >= 15 is 0 Å². The Morgan fingerprint density at radius 3 is 3.07 bits per heavy atom. The van der Waals surface area contributed by atoms with Crippen molar-refractivity contribution in [2.24, 2.45) is 12.8 Å². The first-order valence-electron chi connectivity index (χ1n) is 4.56. The standard InChI is InChI=1S/C10H14N4O/c1-3-4-5-12-10(15)9(11)8-6-13-14(2)7-8/h6-7,9H,5,11H2,1-2H3,(H,12,15). The molecule has 80 valence electrons. The predicted molar refractivity (Wildman–Crippen MR) is 56.6 cm³/mol. The van der Waals surface area contributed by atoms with Crippen LogP contribution in [0.25, 0.3) is 0 Å². The third kappa shape index (κ3) is 3.11. The summed E-state index contributed by atoms with van der Waals surface area (Å²) in [4.78, 5) is 11.5. The summed E-state index contributed by atoms with van der Waals surface area (Å²) < 4.78 is 1.61. The van der Waals surface area contributed by atoms with Gasteiger partial charge in [-0.25, -0.2) is 0 Å². The zero-order valence-electron chi connectivity index (χ0n) is 8.82. The fourth-order valence-corrected chi connectivity index (χ4v) is 1.08. The number of carbonyl (C=O) groups excluding carboxylic acids is 1. The molecule has 1 heterocycles. The van der Waals surface area contributed by atoms with Gasteiger partial charge >= 0.3 is 0 Å². The zero-order valence-corrected chi connectivity index (χ0v) is 8.82. The molecule has 0 saturated heterocycles. The third-order valence-electron chi connectivity index (χ3n) is 1.89. The van der Waals surface area contributed by atoms with Crippen LogP contribution in [-0.2, 0) is 11.8 Å². The molecule has 1 aromatic heterocycles. The maximum Gasteiger partial charge on any atom is 0.242 e. The molecule has 5 nitrogen and oxygen atoms in total. The maximum absolute atomic E-state index is 11.5. The second-order valence-corrected chi connectivity index (χ2v) is 3.07. The molecular weight excluding hydrogens is 192 g/mol. The molecule has 1 rings (SSSR count). The number of hydrogen-bond donors (Lipinski definition) is 2. The van der Waals surface area contributed by atoms with Gasteiger partial charge in [-0.1, -0.05) is 5.92 Å². The molecule has 0 aromatic carbocycles. The summed E-state index contributed by atoms with van der Waals surface area (Å²) in [7, 11) is 1.77. The van der Waals surface area contributed by atoms with E-state index < -0.39 is 6.04 Å². The van der Waals surface area contributed by atoms with E-state index in [-0.39, 0.29) is 5.91 Å². The van der Waals surface area contributed by atoms with Gasteiger partial charge in [0, 0.05) is 18.8 Å². The molecule has 0 aliphatic carbocycles. The van der Waals surface area contributed by atoms with Crippen LogP contribution in [0.4, 0.5) is 0 Å². The molecule has 0 bridgehead atoms. The summed E-state index contributed by atoms with van der Waals surface area (Å²) in [5.41, 5.74) is 6.41. The normalized spacial score (nSPS) is 11.4. The van der Waals surface area contributed by atoms with E-state index in [4.69, 9.17) is 5.73 Å². The summed E-state index contributed by atoms with van der Waals surface area (Å²) in [6, 6.07) is -0.683. The monoisotopic (exact) mass is 206 g/mol. The Bertz CT molecular complexity index is 399. The van der Waals surface area contributed by atoms with Crippen molar-refractivity contribution < 1.29 is 4.79 Å². The molecule has 3 N–H and O–H groups in total. The van der Waals surface area contributed by atoms with Crippen LogP contribution in [0.15, 0.2) is 12.4 Å². The molecule has 0 radical (unpaired) electrons. The van der Waals surface area contributed by atoms with Crippen molar-refractivity contribution in [2.45, 2.75) is 13.0 Å². The van der Waals surface area contributed by atoms with Crippen LogP contribution in [0.1, 0.15) is 18.5 Å². The maximum atomic E-state index is 11.5. The first-order chi connectivity index (χ1) is 7.15. The van der Waals surface area contributed by atoms with E-state index in [1.165, 1.54) is 0 Å². The molecule has 5 heteroatoms. The summed E-state index contributed by atoms with van der Waals surface area (Å²) in [6.45, 7) is 2.04. The number of carbonyl (C=O) groups is 1. The van der Waals surface area contributed by atoms with Crippen LogP contribution in [0.2, 0.25) is 0 Å². The summed E-state index contributed by atoms with van der Waals surface area (Å²) >= 11 is 0. The first-order valence-corrected chi connectivity index (χ1v) is 4.56. The Morgan fingerprint density at radius 2 is 2.53 bits per heavy atom. The highest BCUT2D eigenvalue weighted by Crippen LogP contribution is 2.07. The van der Waals surface area contributed by atoms with E-state index in [2.05, 4.69) is 22.3 Å². The Labute approximate surface area is 88.6 Å². The topological polar surface area (TPSA) is 72.9 Å². The molecule has 1 amide bonds. The van der Waals surface area contributed by atoms with Crippen molar-refractivity contribution in [1.29, 1.82) is 0 Å². The van der Waals surface area contributed by atoms with Crippen molar-refractivity contribution in [2.75, 3.05) is 6.54 Å². The number of nitrogens with zero attached hydrogens (tertiary/aromatic N) is 2. The molecular formula is C10H14N4O. The van der Waals surface area contributed by atoms with Gasteiger partial charge in [-0.05, 0) is 6.92 Å². The van der Waals surface area contributed by atoms with Crippen molar-refractivity contribution >= 4 is 5.91 Å². The highest BCUT2D eigenvalue weighted by Gasteiger charge is 2.16. The summed E-state index contributed by atoms with van der Waals surface area (Å²) in [5.74, 6) is 5.17. The highest BCUT2D eigenvalue weighted by atomic mass is 16.2. The van der Waals surface area contributed by atoms with Crippen LogP contribution in [-0.4, -0.2) is 22.2 Å². The van der Waals surface area contributed by atoms with E-state index in [1.807, 2.05) is 0 Å². The Hall–Kier alpha value is -1.80. The van der Waals surface area contributed by atoms with Crippen LogP contribution in [0, 0.1) is 11.8 Å². The number of nitrogens with one attached hydrogen (secondary N) is 1. The number of hydrogen-bond acceptors (Lipinski definition) is 3. The number of nitrogens with two attached hydrogens (primary N) is 1. The SMILES string of the molecule is CC#CCNC(=O)C(N)c1cnn(C)c1. The largest absolute Gasteiger partial charge is 0.344 e. The van der Waals surface area contributed by atoms with Crippen LogP contribution >= 0.6 is 0 Å². The Morgan fingerprint density at radius 1 is 1.80 bits per heavy atom. The lowest BCUT2D eigenvalue weighted by Crippen LogP contribution is -2.34. The molecule has 0 spiro atoms. The highest BCUT2D eigenvalue weighted by molar-refractivity contribution is 5.82. The minimum atomic E-state index is -0.683. The van der Waals surface area contributed by atoms with Crippen molar-refractivity contribution in [1.82, 2.24) is 15.1 Å². The van der Waals surface area contributed by atoms with Gasteiger partial charge in [0.15, 0.2) is 0 Å². The van der Waals surface area contributed by atoms with Gasteiger partial charge in [-0.2, -0.15) is 5.10 Å². The molecule has 15 heavy (non-hydrogen) atoms. The van der Waals surface area contributed by atoms with Crippen molar-refractivity contribution in [3.8, 4) is 11.8 Å². The minimum absolute atomic E-state index is 0.245. The second-order valence-electron chi connectivity index (χ2n) is 3.07.